The van der Waals surface area contributed by atoms with Gasteiger partial charge in [0.2, 0.25) is 0 Å². The topological polar surface area (TPSA) is 29.9 Å². The molecular formula is C13H21N3. The molecule has 3 heteroatoms. The first-order chi connectivity index (χ1) is 7.92. The lowest BCUT2D eigenvalue weighted by Crippen LogP contribution is -2.15. The van der Waals surface area contributed by atoms with E-state index in [2.05, 4.69) is 21.2 Å². The fraction of sp³-hybridized carbons (Fsp3) is 0.769. The number of rotatable bonds is 5. The van der Waals surface area contributed by atoms with Crippen LogP contribution in [0.15, 0.2) is 12.3 Å². The van der Waals surface area contributed by atoms with E-state index >= 15 is 0 Å². The van der Waals surface area contributed by atoms with Crippen molar-refractivity contribution in [1.29, 1.82) is 0 Å². The normalized spacial score (nSPS) is 21.5. The first kappa shape index (κ1) is 10.2. The van der Waals surface area contributed by atoms with Crippen molar-refractivity contribution in [3.63, 3.8) is 0 Å². The van der Waals surface area contributed by atoms with E-state index in [-0.39, 0.29) is 0 Å². The molecule has 0 aliphatic heterocycles. The minimum absolute atomic E-state index is 0.893. The zero-order valence-corrected chi connectivity index (χ0v) is 9.86. The van der Waals surface area contributed by atoms with Gasteiger partial charge in [0.1, 0.15) is 5.82 Å². The summed E-state index contributed by atoms with van der Waals surface area (Å²) in [5.41, 5.74) is 0. The molecule has 1 heterocycles. The minimum Gasteiger partial charge on any atom is -0.370 e. The van der Waals surface area contributed by atoms with Crippen LogP contribution >= 0.6 is 0 Å². The van der Waals surface area contributed by atoms with Gasteiger partial charge in [0, 0.05) is 19.2 Å². The largest absolute Gasteiger partial charge is 0.370 e. The van der Waals surface area contributed by atoms with Crippen LogP contribution in [0.2, 0.25) is 0 Å². The van der Waals surface area contributed by atoms with Crippen LogP contribution in [0.3, 0.4) is 0 Å². The van der Waals surface area contributed by atoms with Crippen LogP contribution < -0.4 is 5.32 Å². The van der Waals surface area contributed by atoms with Crippen LogP contribution in [0, 0.1) is 11.8 Å². The molecule has 2 aliphatic rings. The quantitative estimate of drug-likeness (QED) is 0.825. The van der Waals surface area contributed by atoms with E-state index in [1.165, 1.54) is 44.3 Å². The standard InChI is InChI=1S/C13H21N3/c1-2-4-11(3-1)9-14-13-7-8-15-16(13)10-12-5-6-12/h7-8,11-12,14H,1-6,9-10H2. The van der Waals surface area contributed by atoms with Gasteiger partial charge < -0.3 is 5.32 Å². The Morgan fingerprint density at radius 3 is 2.75 bits per heavy atom. The Morgan fingerprint density at radius 2 is 2.00 bits per heavy atom. The molecule has 1 aromatic heterocycles. The monoisotopic (exact) mass is 219 g/mol. The zero-order chi connectivity index (χ0) is 10.8. The Kier molecular flexibility index (Phi) is 2.85. The van der Waals surface area contributed by atoms with Gasteiger partial charge in [-0.3, -0.25) is 0 Å². The number of hydrogen-bond acceptors (Lipinski definition) is 2. The number of nitrogens with zero attached hydrogens (tertiary/aromatic N) is 2. The van der Waals surface area contributed by atoms with E-state index in [9.17, 15) is 0 Å². The van der Waals surface area contributed by atoms with E-state index in [1.54, 1.807) is 0 Å². The summed E-state index contributed by atoms with van der Waals surface area (Å²) >= 11 is 0. The van der Waals surface area contributed by atoms with Crippen molar-refractivity contribution in [3.05, 3.63) is 12.3 Å². The van der Waals surface area contributed by atoms with Crippen LogP contribution in [-0.2, 0) is 6.54 Å². The first-order valence-corrected chi connectivity index (χ1v) is 6.67. The molecule has 1 aromatic rings. The molecule has 16 heavy (non-hydrogen) atoms. The lowest BCUT2D eigenvalue weighted by molar-refractivity contribution is 0.550. The summed E-state index contributed by atoms with van der Waals surface area (Å²) < 4.78 is 2.15. The molecule has 88 valence electrons. The molecule has 2 aliphatic carbocycles. The molecule has 0 aromatic carbocycles. The Balaban J connectivity index is 1.53. The second-order valence-corrected chi connectivity index (χ2v) is 5.37. The van der Waals surface area contributed by atoms with E-state index in [0.717, 1.165) is 24.9 Å². The zero-order valence-electron chi connectivity index (χ0n) is 9.86. The molecule has 0 spiro atoms. The van der Waals surface area contributed by atoms with Gasteiger partial charge in [-0.05, 0) is 37.5 Å². The highest BCUT2D eigenvalue weighted by Crippen LogP contribution is 2.31. The molecule has 0 radical (unpaired) electrons. The van der Waals surface area contributed by atoms with Crippen molar-refractivity contribution in [2.75, 3.05) is 11.9 Å². The van der Waals surface area contributed by atoms with Gasteiger partial charge in [-0.25, -0.2) is 4.68 Å². The molecule has 1 N–H and O–H groups in total. The summed E-state index contributed by atoms with van der Waals surface area (Å²) in [7, 11) is 0. The number of anilines is 1. The van der Waals surface area contributed by atoms with Crippen LogP contribution in [0.4, 0.5) is 5.82 Å². The van der Waals surface area contributed by atoms with Crippen molar-refractivity contribution < 1.29 is 0 Å². The van der Waals surface area contributed by atoms with Gasteiger partial charge in [-0.1, -0.05) is 12.8 Å². The predicted octanol–water partition coefficient (Wildman–Crippen LogP) is 2.90. The molecule has 0 saturated heterocycles. The molecule has 0 amide bonds. The highest BCUT2D eigenvalue weighted by atomic mass is 15.3. The molecule has 0 atom stereocenters. The smallest absolute Gasteiger partial charge is 0.124 e. The fourth-order valence-electron chi connectivity index (χ4n) is 2.64. The molecular weight excluding hydrogens is 198 g/mol. The summed E-state index contributed by atoms with van der Waals surface area (Å²) in [6.45, 7) is 2.25. The summed E-state index contributed by atoms with van der Waals surface area (Å²) in [4.78, 5) is 0. The van der Waals surface area contributed by atoms with Crippen LogP contribution in [0.1, 0.15) is 38.5 Å². The number of aromatic nitrogens is 2. The summed E-state index contributed by atoms with van der Waals surface area (Å²) in [5.74, 6) is 3.01. The van der Waals surface area contributed by atoms with Crippen molar-refractivity contribution in [3.8, 4) is 0 Å². The van der Waals surface area contributed by atoms with Gasteiger partial charge in [0.05, 0.1) is 6.20 Å². The maximum absolute atomic E-state index is 4.40. The first-order valence-electron chi connectivity index (χ1n) is 6.67. The van der Waals surface area contributed by atoms with E-state index < -0.39 is 0 Å². The number of hydrogen-bond donors (Lipinski definition) is 1. The Morgan fingerprint density at radius 1 is 1.19 bits per heavy atom. The highest BCUT2D eigenvalue weighted by Gasteiger charge is 2.23. The van der Waals surface area contributed by atoms with Crippen LogP contribution in [0.5, 0.6) is 0 Å². The van der Waals surface area contributed by atoms with Gasteiger partial charge in [-0.2, -0.15) is 5.10 Å². The third-order valence-corrected chi connectivity index (χ3v) is 3.89. The minimum atomic E-state index is 0.893. The van der Waals surface area contributed by atoms with Crippen LogP contribution in [0.25, 0.3) is 0 Å². The van der Waals surface area contributed by atoms with Crippen LogP contribution in [-0.4, -0.2) is 16.3 Å². The van der Waals surface area contributed by atoms with Gasteiger partial charge in [0.15, 0.2) is 0 Å². The molecule has 2 fully saturated rings. The van der Waals surface area contributed by atoms with E-state index in [0.29, 0.717) is 0 Å². The second-order valence-electron chi connectivity index (χ2n) is 5.37. The molecule has 0 unspecified atom stereocenters. The Bertz CT molecular complexity index is 335. The van der Waals surface area contributed by atoms with Gasteiger partial charge in [-0.15, -0.1) is 0 Å². The van der Waals surface area contributed by atoms with Gasteiger partial charge in [0.25, 0.3) is 0 Å². The van der Waals surface area contributed by atoms with E-state index in [4.69, 9.17) is 0 Å². The SMILES string of the molecule is c1cc(NCC2CCCC2)n(CC2CC2)n1. The van der Waals surface area contributed by atoms with Crippen molar-refractivity contribution in [1.82, 2.24) is 9.78 Å². The van der Waals surface area contributed by atoms with Crippen molar-refractivity contribution >= 4 is 5.82 Å². The Hall–Kier alpha value is -0.990. The molecule has 2 saturated carbocycles. The highest BCUT2D eigenvalue weighted by molar-refractivity contribution is 5.33. The predicted molar refractivity (Wildman–Crippen MR) is 65.4 cm³/mol. The lowest BCUT2D eigenvalue weighted by Gasteiger charge is -2.13. The molecule has 3 nitrogen and oxygen atoms in total. The average molecular weight is 219 g/mol. The molecule has 0 bridgehead atoms. The summed E-state index contributed by atoms with van der Waals surface area (Å²) in [5, 5.41) is 7.96. The lowest BCUT2D eigenvalue weighted by atomic mass is 10.1. The van der Waals surface area contributed by atoms with Crippen molar-refractivity contribution in [2.45, 2.75) is 45.1 Å². The second kappa shape index (κ2) is 4.48. The Labute approximate surface area is 97.2 Å². The van der Waals surface area contributed by atoms with Gasteiger partial charge >= 0.3 is 0 Å². The molecule has 3 rings (SSSR count). The van der Waals surface area contributed by atoms with E-state index in [1.807, 2.05) is 6.20 Å². The average Bonchev–Trinajstić information content (AvgIpc) is 2.80. The maximum atomic E-state index is 4.40. The third kappa shape index (κ3) is 2.39. The van der Waals surface area contributed by atoms with Crippen molar-refractivity contribution in [2.24, 2.45) is 11.8 Å². The summed E-state index contributed by atoms with van der Waals surface area (Å²) in [6, 6.07) is 2.11. The maximum Gasteiger partial charge on any atom is 0.124 e. The fourth-order valence-corrected chi connectivity index (χ4v) is 2.64. The number of nitrogens with one attached hydrogen (secondary N) is 1. The summed E-state index contributed by atoms with van der Waals surface area (Å²) in [6.07, 6.45) is 10.4. The third-order valence-electron chi connectivity index (χ3n) is 3.89.